The molecule has 2 saturated heterocycles. The minimum Gasteiger partial charge on any atom is -0.497 e. The molecule has 2 unspecified atom stereocenters. The molecular weight excluding hydrogens is 198 g/mol. The second-order valence-corrected chi connectivity index (χ2v) is 5.08. The first-order chi connectivity index (χ1) is 7.85. The number of hydrogen-bond donors (Lipinski definition) is 1. The first-order valence-electron chi connectivity index (χ1n) is 6.25. The molecule has 0 aliphatic carbocycles. The summed E-state index contributed by atoms with van der Waals surface area (Å²) in [6.45, 7) is 0. The zero-order valence-corrected chi connectivity index (χ0v) is 9.78. The van der Waals surface area contributed by atoms with Crippen LogP contribution in [0.2, 0.25) is 0 Å². The van der Waals surface area contributed by atoms with E-state index in [0.717, 1.165) is 23.8 Å². The molecule has 0 radical (unpaired) electrons. The second kappa shape index (κ2) is 4.10. The molecule has 0 saturated carbocycles. The Hall–Kier alpha value is -1.02. The fourth-order valence-electron chi connectivity index (χ4n) is 3.22. The van der Waals surface area contributed by atoms with Gasteiger partial charge in [0.25, 0.3) is 0 Å². The van der Waals surface area contributed by atoms with Crippen molar-refractivity contribution in [1.82, 2.24) is 5.32 Å². The molecule has 0 amide bonds. The number of rotatable bonds is 2. The van der Waals surface area contributed by atoms with Crippen LogP contribution in [0.1, 0.15) is 37.2 Å². The van der Waals surface area contributed by atoms with Gasteiger partial charge in [-0.05, 0) is 49.3 Å². The van der Waals surface area contributed by atoms with E-state index in [2.05, 4.69) is 23.5 Å². The van der Waals surface area contributed by atoms with Crippen molar-refractivity contribution >= 4 is 0 Å². The minimum absolute atomic E-state index is 0.730. The van der Waals surface area contributed by atoms with Crippen LogP contribution in [0.4, 0.5) is 0 Å². The maximum atomic E-state index is 5.30. The number of ether oxygens (including phenoxy) is 1. The van der Waals surface area contributed by atoms with E-state index in [1.807, 2.05) is 6.07 Å². The average molecular weight is 217 g/mol. The third-order valence-electron chi connectivity index (χ3n) is 4.04. The number of fused-ring (bicyclic) bond motifs is 2. The fraction of sp³-hybridized carbons (Fsp3) is 0.571. The monoisotopic (exact) mass is 217 g/mol. The quantitative estimate of drug-likeness (QED) is 0.822. The van der Waals surface area contributed by atoms with E-state index >= 15 is 0 Å². The van der Waals surface area contributed by atoms with Crippen molar-refractivity contribution in [2.45, 2.75) is 43.7 Å². The van der Waals surface area contributed by atoms with Crippen molar-refractivity contribution in [3.8, 4) is 5.75 Å². The molecule has 1 aromatic carbocycles. The van der Waals surface area contributed by atoms with Gasteiger partial charge in [-0.1, -0.05) is 12.1 Å². The van der Waals surface area contributed by atoms with Crippen LogP contribution in [-0.2, 0) is 0 Å². The van der Waals surface area contributed by atoms with Crippen molar-refractivity contribution in [1.29, 1.82) is 0 Å². The molecule has 1 N–H and O–H groups in total. The summed E-state index contributed by atoms with van der Waals surface area (Å²) in [4.78, 5) is 0. The lowest BCUT2D eigenvalue weighted by molar-refractivity contribution is 0.361. The number of piperidine rings is 1. The number of hydrogen-bond acceptors (Lipinski definition) is 2. The van der Waals surface area contributed by atoms with Gasteiger partial charge in [-0.3, -0.25) is 0 Å². The summed E-state index contributed by atoms with van der Waals surface area (Å²) < 4.78 is 5.30. The third-order valence-corrected chi connectivity index (χ3v) is 4.04. The van der Waals surface area contributed by atoms with Crippen LogP contribution in [0.25, 0.3) is 0 Å². The number of methoxy groups -OCH3 is 1. The van der Waals surface area contributed by atoms with Gasteiger partial charge in [-0.2, -0.15) is 0 Å². The van der Waals surface area contributed by atoms with Gasteiger partial charge in [0.1, 0.15) is 5.75 Å². The Balaban J connectivity index is 1.81. The van der Waals surface area contributed by atoms with Crippen LogP contribution in [0.5, 0.6) is 5.75 Å². The molecule has 2 fully saturated rings. The molecule has 0 aromatic heterocycles. The van der Waals surface area contributed by atoms with Gasteiger partial charge >= 0.3 is 0 Å². The smallest absolute Gasteiger partial charge is 0.119 e. The highest BCUT2D eigenvalue weighted by molar-refractivity contribution is 5.31. The maximum Gasteiger partial charge on any atom is 0.119 e. The summed E-state index contributed by atoms with van der Waals surface area (Å²) in [7, 11) is 1.74. The standard InChI is InChI=1S/C14H19NO/c1-16-14-4-2-3-10(9-14)11-7-12-5-6-13(8-11)15-12/h2-4,9,11-13,15H,5-8H2,1H3. The first-order valence-corrected chi connectivity index (χ1v) is 6.25. The molecule has 86 valence electrons. The topological polar surface area (TPSA) is 21.3 Å². The predicted molar refractivity (Wildman–Crippen MR) is 64.9 cm³/mol. The van der Waals surface area contributed by atoms with Gasteiger partial charge in [-0.15, -0.1) is 0 Å². The Morgan fingerprint density at radius 1 is 1.19 bits per heavy atom. The number of benzene rings is 1. The Labute approximate surface area is 97.0 Å². The van der Waals surface area contributed by atoms with E-state index in [0.29, 0.717) is 0 Å². The molecule has 3 rings (SSSR count). The van der Waals surface area contributed by atoms with Crippen molar-refractivity contribution in [3.05, 3.63) is 29.8 Å². The van der Waals surface area contributed by atoms with Gasteiger partial charge in [-0.25, -0.2) is 0 Å². The molecule has 0 spiro atoms. The SMILES string of the molecule is COc1cccc(C2CC3CCC(C2)N3)c1. The van der Waals surface area contributed by atoms with E-state index in [9.17, 15) is 0 Å². The lowest BCUT2D eigenvalue weighted by Gasteiger charge is -2.29. The van der Waals surface area contributed by atoms with Crippen molar-refractivity contribution in [2.24, 2.45) is 0 Å². The summed E-state index contributed by atoms with van der Waals surface area (Å²) in [6, 6.07) is 10.1. The molecule has 2 bridgehead atoms. The van der Waals surface area contributed by atoms with Crippen molar-refractivity contribution in [3.63, 3.8) is 0 Å². The van der Waals surface area contributed by atoms with Crippen LogP contribution >= 0.6 is 0 Å². The van der Waals surface area contributed by atoms with E-state index < -0.39 is 0 Å². The Kier molecular flexibility index (Phi) is 2.60. The molecule has 2 aliphatic rings. The van der Waals surface area contributed by atoms with Gasteiger partial charge in [0, 0.05) is 12.1 Å². The molecule has 2 heteroatoms. The molecule has 16 heavy (non-hydrogen) atoms. The van der Waals surface area contributed by atoms with Crippen LogP contribution in [0.3, 0.4) is 0 Å². The van der Waals surface area contributed by atoms with E-state index in [-0.39, 0.29) is 0 Å². The van der Waals surface area contributed by atoms with Crippen molar-refractivity contribution < 1.29 is 4.74 Å². The Morgan fingerprint density at radius 2 is 1.94 bits per heavy atom. The van der Waals surface area contributed by atoms with Crippen LogP contribution < -0.4 is 10.1 Å². The molecule has 1 aromatic rings. The Bertz CT molecular complexity index is 365. The highest BCUT2D eigenvalue weighted by Gasteiger charge is 2.33. The molecule has 2 aliphatic heterocycles. The molecule has 2 heterocycles. The van der Waals surface area contributed by atoms with Crippen molar-refractivity contribution in [2.75, 3.05) is 7.11 Å². The normalized spacial score (nSPS) is 32.7. The number of nitrogens with one attached hydrogen (secondary N) is 1. The minimum atomic E-state index is 0.730. The van der Waals surface area contributed by atoms with Gasteiger partial charge < -0.3 is 10.1 Å². The largest absolute Gasteiger partial charge is 0.497 e. The lowest BCUT2D eigenvalue weighted by Crippen LogP contribution is -2.37. The summed E-state index contributed by atoms with van der Waals surface area (Å²) in [6.07, 6.45) is 5.32. The van der Waals surface area contributed by atoms with Gasteiger partial charge in [0.05, 0.1) is 7.11 Å². The first kappa shape index (κ1) is 10.2. The maximum absolute atomic E-state index is 5.30. The summed E-state index contributed by atoms with van der Waals surface area (Å²) in [5.74, 6) is 1.72. The highest BCUT2D eigenvalue weighted by atomic mass is 16.5. The van der Waals surface area contributed by atoms with Crippen LogP contribution in [0.15, 0.2) is 24.3 Å². The Morgan fingerprint density at radius 3 is 2.62 bits per heavy atom. The lowest BCUT2D eigenvalue weighted by atomic mass is 9.86. The fourth-order valence-corrected chi connectivity index (χ4v) is 3.22. The summed E-state index contributed by atoms with van der Waals surface area (Å²) >= 11 is 0. The van der Waals surface area contributed by atoms with Crippen LogP contribution in [0, 0.1) is 0 Å². The zero-order valence-electron chi connectivity index (χ0n) is 9.78. The molecule has 2 nitrogen and oxygen atoms in total. The van der Waals surface area contributed by atoms with Gasteiger partial charge in [0.2, 0.25) is 0 Å². The third kappa shape index (κ3) is 1.82. The average Bonchev–Trinajstić information content (AvgIpc) is 2.68. The summed E-state index contributed by atoms with van der Waals surface area (Å²) in [5, 5.41) is 3.69. The molecule has 2 atom stereocenters. The predicted octanol–water partition coefficient (Wildman–Crippen LogP) is 2.69. The summed E-state index contributed by atoms with van der Waals surface area (Å²) in [5.41, 5.74) is 1.46. The van der Waals surface area contributed by atoms with Crippen LogP contribution in [-0.4, -0.2) is 19.2 Å². The van der Waals surface area contributed by atoms with Gasteiger partial charge in [0.15, 0.2) is 0 Å². The highest BCUT2D eigenvalue weighted by Crippen LogP contribution is 2.37. The second-order valence-electron chi connectivity index (χ2n) is 5.08. The zero-order chi connectivity index (χ0) is 11.0. The van der Waals surface area contributed by atoms with E-state index in [4.69, 9.17) is 4.74 Å². The molecular formula is C14H19NO. The van der Waals surface area contributed by atoms with E-state index in [1.54, 1.807) is 7.11 Å². The van der Waals surface area contributed by atoms with E-state index in [1.165, 1.54) is 31.2 Å².